The van der Waals surface area contributed by atoms with Gasteiger partial charge in [-0.3, -0.25) is 4.79 Å². The minimum Gasteiger partial charge on any atom is -0.506 e. The molecule has 0 fully saturated rings. The van der Waals surface area contributed by atoms with Crippen molar-refractivity contribution in [2.45, 2.75) is 41.5 Å². The molecule has 5 aliphatic rings. The Labute approximate surface area is 190 Å². The van der Waals surface area contributed by atoms with E-state index in [9.17, 15) is 9.90 Å². The first-order valence-electron chi connectivity index (χ1n) is 11.2. The molecule has 0 saturated heterocycles. The molecule has 1 N–H and O–H groups in total. The van der Waals surface area contributed by atoms with Gasteiger partial charge in [0.1, 0.15) is 5.76 Å². The van der Waals surface area contributed by atoms with Crippen molar-refractivity contribution in [1.29, 1.82) is 0 Å². The van der Waals surface area contributed by atoms with Crippen LogP contribution in [-0.4, -0.2) is 10.9 Å². The SMILES string of the molecule is CC1=CC2C(C)=C/C(=C3\C(=O)C(c4cc(C)c5cc(C)ccc(C)c4-5)=C3O)C2=C(C)C=C1. The first-order valence-corrected chi connectivity index (χ1v) is 11.2. The van der Waals surface area contributed by atoms with Crippen LogP contribution in [0.3, 0.4) is 0 Å². The second-order valence-corrected chi connectivity index (χ2v) is 9.48. The highest BCUT2D eigenvalue weighted by Gasteiger charge is 2.42. The maximum atomic E-state index is 13.5. The number of allylic oxidation sites excluding steroid dienone is 11. The molecule has 0 heterocycles. The zero-order valence-electron chi connectivity index (χ0n) is 19.6. The molecule has 0 saturated carbocycles. The molecule has 0 aromatic carbocycles. The van der Waals surface area contributed by atoms with Crippen molar-refractivity contribution in [2.24, 2.45) is 5.92 Å². The number of hydrogen-bond acceptors (Lipinski definition) is 2. The Morgan fingerprint density at radius 1 is 0.844 bits per heavy atom. The molecule has 0 aromatic rings. The number of hydrogen-bond donors (Lipinski definition) is 1. The first kappa shape index (κ1) is 20.5. The molecule has 0 radical (unpaired) electrons. The fourth-order valence-corrected chi connectivity index (χ4v) is 5.37. The smallest absolute Gasteiger partial charge is 0.201 e. The highest BCUT2D eigenvalue weighted by atomic mass is 16.3. The molecule has 160 valence electrons. The second-order valence-electron chi connectivity index (χ2n) is 9.48. The summed E-state index contributed by atoms with van der Waals surface area (Å²) in [6.45, 7) is 12.5. The van der Waals surface area contributed by atoms with Gasteiger partial charge in [-0.1, -0.05) is 59.2 Å². The predicted molar refractivity (Wildman–Crippen MR) is 132 cm³/mol. The molecule has 5 aliphatic carbocycles. The lowest BCUT2D eigenvalue weighted by Gasteiger charge is -2.25. The van der Waals surface area contributed by atoms with E-state index in [1.807, 2.05) is 6.07 Å². The van der Waals surface area contributed by atoms with Crippen LogP contribution in [0.2, 0.25) is 0 Å². The third-order valence-electron chi connectivity index (χ3n) is 7.07. The molecular weight excluding hydrogens is 392 g/mol. The average Bonchev–Trinajstić information content (AvgIpc) is 3.07. The van der Waals surface area contributed by atoms with Crippen LogP contribution >= 0.6 is 0 Å². The monoisotopic (exact) mass is 420 g/mol. The number of carbonyl (C=O) groups is 1. The fourth-order valence-electron chi connectivity index (χ4n) is 5.37. The van der Waals surface area contributed by atoms with E-state index in [1.54, 1.807) is 0 Å². The minimum atomic E-state index is -0.0639. The third-order valence-corrected chi connectivity index (χ3v) is 7.07. The summed E-state index contributed by atoms with van der Waals surface area (Å²) in [5.74, 6) is 0.216. The number of aliphatic hydroxyl groups is 1. The summed E-state index contributed by atoms with van der Waals surface area (Å²) < 4.78 is 0. The molecule has 5 rings (SSSR count). The van der Waals surface area contributed by atoms with Crippen LogP contribution in [0.5, 0.6) is 0 Å². The number of fused-ring (bicyclic) bond motifs is 2. The number of Topliss-reactive ketones (excluding diaryl/α,β-unsaturated/α-hetero) is 1. The molecule has 0 aliphatic heterocycles. The number of rotatable bonds is 1. The molecule has 0 aromatic heterocycles. The first-order chi connectivity index (χ1) is 15.2. The highest BCUT2D eigenvalue weighted by molar-refractivity contribution is 6.40. The zero-order valence-corrected chi connectivity index (χ0v) is 19.6. The van der Waals surface area contributed by atoms with Gasteiger partial charge >= 0.3 is 0 Å². The summed E-state index contributed by atoms with van der Waals surface area (Å²) in [5.41, 5.74) is 12.9. The molecule has 1 unspecified atom stereocenters. The lowest BCUT2D eigenvalue weighted by Crippen LogP contribution is -2.23. The van der Waals surface area contributed by atoms with Gasteiger partial charge in [0.25, 0.3) is 0 Å². The van der Waals surface area contributed by atoms with Gasteiger partial charge in [0.05, 0.1) is 11.1 Å². The molecule has 0 bridgehead atoms. The van der Waals surface area contributed by atoms with E-state index in [2.05, 4.69) is 84.0 Å². The van der Waals surface area contributed by atoms with Crippen molar-refractivity contribution in [3.63, 3.8) is 0 Å². The summed E-state index contributed by atoms with van der Waals surface area (Å²) in [6.07, 6.45) is 8.55. The van der Waals surface area contributed by atoms with E-state index in [0.717, 1.165) is 44.5 Å². The van der Waals surface area contributed by atoms with Gasteiger partial charge in [-0.05, 0) is 92.1 Å². The second kappa shape index (κ2) is 7.06. The maximum absolute atomic E-state index is 13.5. The van der Waals surface area contributed by atoms with Crippen molar-refractivity contribution >= 4 is 11.4 Å². The van der Waals surface area contributed by atoms with Crippen molar-refractivity contribution in [3.05, 3.63) is 110 Å². The largest absolute Gasteiger partial charge is 0.506 e. The van der Waals surface area contributed by atoms with Crippen LogP contribution in [-0.2, 0) is 4.79 Å². The van der Waals surface area contributed by atoms with Gasteiger partial charge in [0.15, 0.2) is 0 Å². The summed E-state index contributed by atoms with van der Waals surface area (Å²) in [7, 11) is 0. The fraction of sp³-hybridized carbons (Fsp3) is 0.233. The summed E-state index contributed by atoms with van der Waals surface area (Å²) in [6, 6.07) is 8.40. The Hall–Kier alpha value is -3.39. The van der Waals surface area contributed by atoms with Crippen LogP contribution in [0.25, 0.3) is 16.7 Å². The van der Waals surface area contributed by atoms with Crippen LogP contribution in [0, 0.1) is 26.7 Å². The van der Waals surface area contributed by atoms with Crippen LogP contribution in [0.15, 0.2) is 87.8 Å². The Bertz CT molecular complexity index is 1380. The van der Waals surface area contributed by atoms with Crippen LogP contribution in [0.1, 0.15) is 43.0 Å². The molecule has 0 spiro atoms. The normalized spacial score (nSPS) is 22.8. The molecule has 1 atom stereocenters. The van der Waals surface area contributed by atoms with Crippen LogP contribution in [0.4, 0.5) is 0 Å². The lowest BCUT2D eigenvalue weighted by atomic mass is 9.78. The number of carbonyl (C=O) groups excluding carboxylic acids is 1. The Morgan fingerprint density at radius 2 is 1.59 bits per heavy atom. The summed E-state index contributed by atoms with van der Waals surface area (Å²) in [4.78, 5) is 13.5. The van der Waals surface area contributed by atoms with E-state index in [4.69, 9.17) is 0 Å². The van der Waals surface area contributed by atoms with E-state index < -0.39 is 0 Å². The van der Waals surface area contributed by atoms with Crippen molar-refractivity contribution < 1.29 is 9.90 Å². The average molecular weight is 421 g/mol. The number of aryl methyl sites for hydroxylation is 3. The highest BCUT2D eigenvalue weighted by Crippen LogP contribution is 2.50. The Morgan fingerprint density at radius 3 is 2.31 bits per heavy atom. The van der Waals surface area contributed by atoms with Crippen molar-refractivity contribution in [1.82, 2.24) is 0 Å². The zero-order chi connectivity index (χ0) is 22.9. The van der Waals surface area contributed by atoms with Gasteiger partial charge in [-0.2, -0.15) is 0 Å². The van der Waals surface area contributed by atoms with Gasteiger partial charge < -0.3 is 5.11 Å². The van der Waals surface area contributed by atoms with Crippen LogP contribution < -0.4 is 0 Å². The van der Waals surface area contributed by atoms with E-state index in [1.165, 1.54) is 16.7 Å². The van der Waals surface area contributed by atoms with Crippen molar-refractivity contribution in [2.75, 3.05) is 0 Å². The standard InChI is InChI=1S/C30H28O2/c1-15-7-9-17(3)25-21(11-15)19(5)13-23(25)27-29(31)28(30(27)32)24-14-20(6)22-12-16(2)8-10-18(4)26(22)24/h7-14,21,31H,1-6H3/b27-23+. The number of ketones is 1. The topological polar surface area (TPSA) is 37.3 Å². The molecule has 2 nitrogen and oxygen atoms in total. The molecule has 2 heteroatoms. The molecule has 32 heavy (non-hydrogen) atoms. The van der Waals surface area contributed by atoms with Gasteiger partial charge in [0, 0.05) is 5.92 Å². The van der Waals surface area contributed by atoms with Gasteiger partial charge in [0.2, 0.25) is 5.78 Å². The van der Waals surface area contributed by atoms with E-state index in [-0.39, 0.29) is 17.5 Å². The van der Waals surface area contributed by atoms with Gasteiger partial charge in [-0.25, -0.2) is 0 Å². The Balaban J connectivity index is 1.72. The minimum absolute atomic E-state index is 0.0639. The quantitative estimate of drug-likeness (QED) is 0.492. The third kappa shape index (κ3) is 2.82. The number of aliphatic hydroxyl groups excluding tert-OH is 1. The van der Waals surface area contributed by atoms with Crippen molar-refractivity contribution in [3.8, 4) is 11.1 Å². The maximum Gasteiger partial charge on any atom is 0.201 e. The van der Waals surface area contributed by atoms with E-state index in [0.29, 0.717) is 11.1 Å². The molecule has 0 amide bonds. The van der Waals surface area contributed by atoms with Gasteiger partial charge in [-0.15, -0.1) is 0 Å². The summed E-state index contributed by atoms with van der Waals surface area (Å²) in [5, 5.41) is 11.2. The molecular formula is C30H28O2. The Kier molecular flexibility index (Phi) is 4.53. The lowest BCUT2D eigenvalue weighted by molar-refractivity contribution is -0.111. The predicted octanol–water partition coefficient (Wildman–Crippen LogP) is 7.27. The van der Waals surface area contributed by atoms with E-state index >= 15 is 0 Å². The summed E-state index contributed by atoms with van der Waals surface area (Å²) >= 11 is 0.